The van der Waals surface area contributed by atoms with Crippen LogP contribution in [-0.4, -0.2) is 34.4 Å². The fourth-order valence-electron chi connectivity index (χ4n) is 3.90. The minimum Gasteiger partial charge on any atom is -0.507 e. The van der Waals surface area contributed by atoms with Gasteiger partial charge in [-0.3, -0.25) is 0 Å². The number of aromatic hydroxyl groups is 1. The van der Waals surface area contributed by atoms with E-state index in [0.29, 0.717) is 17.3 Å². The van der Waals surface area contributed by atoms with Gasteiger partial charge < -0.3 is 15.7 Å². The molecule has 1 atom stereocenters. The van der Waals surface area contributed by atoms with Crippen LogP contribution < -0.4 is 10.6 Å². The number of fused-ring (bicyclic) bond motifs is 1. The van der Waals surface area contributed by atoms with Crippen molar-refractivity contribution in [3.05, 3.63) is 34.9 Å². The summed E-state index contributed by atoms with van der Waals surface area (Å²) in [5, 5.41) is 25.6. The molecule has 2 aliphatic rings. The van der Waals surface area contributed by atoms with E-state index in [1.54, 1.807) is 0 Å². The van der Waals surface area contributed by atoms with E-state index in [4.69, 9.17) is 0 Å². The molecule has 1 saturated heterocycles. The van der Waals surface area contributed by atoms with Gasteiger partial charge in [0.25, 0.3) is 0 Å². The van der Waals surface area contributed by atoms with E-state index in [9.17, 15) is 18.3 Å². The first kappa shape index (κ1) is 18.0. The zero-order chi connectivity index (χ0) is 19.0. The number of alkyl halides is 3. The first-order valence-electron chi connectivity index (χ1n) is 9.20. The molecule has 1 aliphatic carbocycles. The molecular weight excluding hydrogens is 357 g/mol. The average Bonchev–Trinajstić information content (AvgIpc) is 3.13. The Labute approximate surface area is 155 Å². The number of phenolic OH excluding ortho intramolecular Hbond substituents is 1. The fourth-order valence-corrected chi connectivity index (χ4v) is 3.90. The van der Waals surface area contributed by atoms with Crippen molar-refractivity contribution >= 4 is 5.82 Å². The number of halogens is 3. The first-order valence-corrected chi connectivity index (χ1v) is 9.20. The van der Waals surface area contributed by atoms with Crippen molar-refractivity contribution in [3.63, 3.8) is 0 Å². The minimum atomic E-state index is -4.49. The van der Waals surface area contributed by atoms with Crippen LogP contribution in [0.2, 0.25) is 0 Å². The summed E-state index contributed by atoms with van der Waals surface area (Å²) >= 11 is 0. The number of nitrogens with zero attached hydrogens (tertiary/aromatic N) is 2. The van der Waals surface area contributed by atoms with Gasteiger partial charge in [0.15, 0.2) is 5.82 Å². The predicted octanol–water partition coefficient (Wildman–Crippen LogP) is 3.52. The van der Waals surface area contributed by atoms with Crippen molar-refractivity contribution in [2.24, 2.45) is 0 Å². The third-order valence-corrected chi connectivity index (χ3v) is 5.26. The van der Waals surface area contributed by atoms with E-state index in [1.807, 2.05) is 0 Å². The maximum atomic E-state index is 12.8. The Morgan fingerprint density at radius 1 is 1.11 bits per heavy atom. The zero-order valence-electron chi connectivity index (χ0n) is 14.7. The summed E-state index contributed by atoms with van der Waals surface area (Å²) in [6, 6.07) is 3.29. The fraction of sp³-hybridized carbons (Fsp3) is 0.474. The maximum absolute atomic E-state index is 12.8. The van der Waals surface area contributed by atoms with Gasteiger partial charge in [0.05, 0.1) is 5.56 Å². The lowest BCUT2D eigenvalue weighted by atomic mass is 10.0. The Hall–Kier alpha value is -2.35. The molecule has 4 rings (SSSR count). The van der Waals surface area contributed by atoms with Crippen LogP contribution in [0.1, 0.15) is 36.0 Å². The lowest BCUT2D eigenvalue weighted by Gasteiger charge is -2.25. The van der Waals surface area contributed by atoms with Gasteiger partial charge in [-0.1, -0.05) is 0 Å². The maximum Gasteiger partial charge on any atom is 0.416 e. The van der Waals surface area contributed by atoms with Gasteiger partial charge in [0.1, 0.15) is 11.4 Å². The topological polar surface area (TPSA) is 70.1 Å². The molecule has 0 unspecified atom stereocenters. The SMILES string of the molecule is Oc1cc(C(F)(F)F)ccc1-c1nnc(N[C@@H]2CCCNC2)c2c1CCC2. The second kappa shape index (κ2) is 6.99. The molecule has 0 radical (unpaired) electrons. The molecule has 27 heavy (non-hydrogen) atoms. The summed E-state index contributed by atoms with van der Waals surface area (Å²) < 4.78 is 38.5. The van der Waals surface area contributed by atoms with Gasteiger partial charge in [-0.15, -0.1) is 10.2 Å². The molecule has 0 saturated carbocycles. The third kappa shape index (κ3) is 3.58. The highest BCUT2D eigenvalue weighted by atomic mass is 19.4. The molecule has 2 heterocycles. The Morgan fingerprint density at radius 3 is 2.63 bits per heavy atom. The molecule has 1 aromatic heterocycles. The van der Waals surface area contributed by atoms with Crippen LogP contribution in [0.5, 0.6) is 5.75 Å². The van der Waals surface area contributed by atoms with Crippen LogP contribution in [0.15, 0.2) is 18.2 Å². The molecule has 1 aromatic carbocycles. The summed E-state index contributed by atoms with van der Waals surface area (Å²) in [6.07, 6.45) is 0.232. The summed E-state index contributed by atoms with van der Waals surface area (Å²) in [7, 11) is 0. The summed E-state index contributed by atoms with van der Waals surface area (Å²) in [5.41, 5.74) is 1.91. The number of piperidine rings is 1. The lowest BCUT2D eigenvalue weighted by molar-refractivity contribution is -0.137. The summed E-state index contributed by atoms with van der Waals surface area (Å²) in [4.78, 5) is 0. The average molecular weight is 378 g/mol. The molecule has 3 N–H and O–H groups in total. The van der Waals surface area contributed by atoms with E-state index >= 15 is 0 Å². The largest absolute Gasteiger partial charge is 0.507 e. The molecule has 1 fully saturated rings. The monoisotopic (exact) mass is 378 g/mol. The number of rotatable bonds is 3. The number of aromatic nitrogens is 2. The van der Waals surface area contributed by atoms with E-state index in [1.165, 1.54) is 6.07 Å². The van der Waals surface area contributed by atoms with Crippen LogP contribution in [0.25, 0.3) is 11.3 Å². The van der Waals surface area contributed by atoms with Gasteiger partial charge in [-0.05, 0) is 62.4 Å². The molecule has 8 heteroatoms. The van der Waals surface area contributed by atoms with E-state index in [2.05, 4.69) is 20.8 Å². The Morgan fingerprint density at radius 2 is 1.93 bits per heavy atom. The second-order valence-electron chi connectivity index (χ2n) is 7.13. The lowest BCUT2D eigenvalue weighted by Crippen LogP contribution is -2.38. The van der Waals surface area contributed by atoms with Crippen LogP contribution in [0.4, 0.5) is 19.0 Å². The molecular formula is C19H21F3N4O. The van der Waals surface area contributed by atoms with E-state index in [0.717, 1.165) is 74.3 Å². The van der Waals surface area contributed by atoms with Gasteiger partial charge in [0.2, 0.25) is 0 Å². The number of phenols is 1. The third-order valence-electron chi connectivity index (χ3n) is 5.26. The number of anilines is 1. The molecule has 0 bridgehead atoms. The Kier molecular flexibility index (Phi) is 4.67. The highest BCUT2D eigenvalue weighted by Gasteiger charge is 2.32. The Bertz CT molecular complexity index is 848. The summed E-state index contributed by atoms with van der Waals surface area (Å²) in [5.74, 6) is 0.330. The van der Waals surface area contributed by atoms with Gasteiger partial charge >= 0.3 is 6.18 Å². The van der Waals surface area contributed by atoms with Crippen molar-refractivity contribution in [2.45, 2.75) is 44.3 Å². The standard InChI is InChI=1S/C19H21F3N4O/c20-19(21,22)11-6-7-15(16(27)9-11)17-13-4-1-5-14(13)18(26-25-17)24-12-3-2-8-23-10-12/h6-7,9,12,23,27H,1-5,8,10H2,(H,24,26)/t12-/m1/s1. The zero-order valence-corrected chi connectivity index (χ0v) is 14.7. The van der Waals surface area contributed by atoms with Gasteiger partial charge in [0, 0.05) is 23.7 Å². The van der Waals surface area contributed by atoms with Crippen molar-refractivity contribution in [1.29, 1.82) is 0 Å². The number of hydrogen-bond acceptors (Lipinski definition) is 5. The number of nitrogens with one attached hydrogen (secondary N) is 2. The number of hydrogen-bond donors (Lipinski definition) is 3. The van der Waals surface area contributed by atoms with E-state index in [-0.39, 0.29) is 0 Å². The van der Waals surface area contributed by atoms with Crippen LogP contribution in [0.3, 0.4) is 0 Å². The minimum absolute atomic E-state index is 0.291. The molecule has 0 amide bonds. The molecule has 2 aromatic rings. The van der Waals surface area contributed by atoms with Crippen molar-refractivity contribution < 1.29 is 18.3 Å². The van der Waals surface area contributed by atoms with Crippen LogP contribution in [-0.2, 0) is 19.0 Å². The molecule has 144 valence electrons. The number of benzene rings is 1. The normalized spacial score (nSPS) is 19.7. The van der Waals surface area contributed by atoms with Crippen molar-refractivity contribution in [1.82, 2.24) is 15.5 Å². The van der Waals surface area contributed by atoms with Crippen LogP contribution >= 0.6 is 0 Å². The smallest absolute Gasteiger partial charge is 0.416 e. The summed E-state index contributed by atoms with van der Waals surface area (Å²) in [6.45, 7) is 1.89. The highest BCUT2D eigenvalue weighted by Crippen LogP contribution is 2.40. The second-order valence-corrected chi connectivity index (χ2v) is 7.13. The molecule has 5 nitrogen and oxygen atoms in total. The molecule has 1 aliphatic heterocycles. The van der Waals surface area contributed by atoms with E-state index < -0.39 is 17.5 Å². The Balaban J connectivity index is 1.68. The van der Waals surface area contributed by atoms with Gasteiger partial charge in [-0.25, -0.2) is 0 Å². The van der Waals surface area contributed by atoms with Gasteiger partial charge in [-0.2, -0.15) is 13.2 Å². The first-order chi connectivity index (χ1) is 12.9. The quantitative estimate of drug-likeness (QED) is 0.762. The predicted molar refractivity (Wildman–Crippen MR) is 95.7 cm³/mol. The highest BCUT2D eigenvalue weighted by molar-refractivity contribution is 5.73. The van der Waals surface area contributed by atoms with Crippen LogP contribution in [0, 0.1) is 0 Å². The molecule has 0 spiro atoms. The van der Waals surface area contributed by atoms with Crippen molar-refractivity contribution in [3.8, 4) is 17.0 Å². The van der Waals surface area contributed by atoms with Crippen molar-refractivity contribution in [2.75, 3.05) is 18.4 Å².